The Labute approximate surface area is 224 Å². The predicted octanol–water partition coefficient (Wildman–Crippen LogP) is 4.73. The third kappa shape index (κ3) is 6.19. The van der Waals surface area contributed by atoms with Gasteiger partial charge in [0.05, 0.1) is 12.3 Å². The number of aryl methyl sites for hydroxylation is 1. The van der Waals surface area contributed by atoms with Gasteiger partial charge >= 0.3 is 6.03 Å². The minimum Gasteiger partial charge on any atom is -0.494 e. The molecule has 9 nitrogen and oxygen atoms in total. The molecule has 5 amide bonds. The van der Waals surface area contributed by atoms with Gasteiger partial charge in [0.1, 0.15) is 17.1 Å². The smallest absolute Gasteiger partial charge is 0.335 e. The van der Waals surface area contributed by atoms with Crippen molar-refractivity contribution in [3.05, 3.63) is 88.5 Å². The highest BCUT2D eigenvalue weighted by atomic mass is 35.5. The summed E-state index contributed by atoms with van der Waals surface area (Å²) in [6.07, 6.45) is 1.27. The number of hydrogen-bond donors (Lipinski definition) is 2. The van der Waals surface area contributed by atoms with E-state index in [1.165, 1.54) is 30.3 Å². The van der Waals surface area contributed by atoms with Gasteiger partial charge in [0.2, 0.25) is 0 Å². The number of urea groups is 1. The largest absolute Gasteiger partial charge is 0.494 e. The van der Waals surface area contributed by atoms with Gasteiger partial charge in [0.15, 0.2) is 6.61 Å². The number of halogens is 1. The van der Waals surface area contributed by atoms with E-state index in [9.17, 15) is 19.2 Å². The van der Waals surface area contributed by atoms with Crippen molar-refractivity contribution in [2.45, 2.75) is 13.8 Å². The minimum atomic E-state index is -0.878. The molecule has 10 heteroatoms. The number of amides is 5. The first-order chi connectivity index (χ1) is 18.2. The third-order valence-corrected chi connectivity index (χ3v) is 5.67. The standard InChI is InChI=1S/C28H24ClN3O6/c1-3-37-22-10-8-21(9-11-22)32-27(35)23(26(34)31-28(32)36)15-18-14-19(29)7-12-24(18)38-16-25(33)30-20-6-4-5-17(2)13-20/h4-15H,3,16H2,1-2H3,(H,30,33)(H,31,34,36)/b23-15+. The quantitative estimate of drug-likeness (QED) is 0.319. The van der Waals surface area contributed by atoms with Crippen LogP contribution in [0.2, 0.25) is 5.02 Å². The number of anilines is 2. The first kappa shape index (κ1) is 26.4. The molecule has 1 heterocycles. The third-order valence-electron chi connectivity index (χ3n) is 5.44. The Kier molecular flexibility index (Phi) is 8.08. The van der Waals surface area contributed by atoms with E-state index in [1.807, 2.05) is 32.0 Å². The molecule has 0 unspecified atom stereocenters. The highest BCUT2D eigenvalue weighted by Crippen LogP contribution is 2.28. The summed E-state index contributed by atoms with van der Waals surface area (Å²) >= 11 is 6.15. The number of nitrogens with one attached hydrogen (secondary N) is 2. The summed E-state index contributed by atoms with van der Waals surface area (Å²) in [7, 11) is 0. The highest BCUT2D eigenvalue weighted by Gasteiger charge is 2.37. The normalized spacial score (nSPS) is 14.3. The summed E-state index contributed by atoms with van der Waals surface area (Å²) in [5, 5.41) is 5.23. The lowest BCUT2D eigenvalue weighted by molar-refractivity contribution is -0.122. The molecule has 38 heavy (non-hydrogen) atoms. The first-order valence-electron chi connectivity index (χ1n) is 11.7. The van der Waals surface area contributed by atoms with Gasteiger partial charge in [-0.2, -0.15) is 0 Å². The second kappa shape index (κ2) is 11.6. The molecule has 1 aliphatic heterocycles. The number of ether oxygens (including phenoxy) is 2. The van der Waals surface area contributed by atoms with Crippen LogP contribution >= 0.6 is 11.6 Å². The molecule has 0 atom stereocenters. The van der Waals surface area contributed by atoms with Gasteiger partial charge < -0.3 is 14.8 Å². The van der Waals surface area contributed by atoms with Crippen molar-refractivity contribution in [1.29, 1.82) is 0 Å². The van der Waals surface area contributed by atoms with Gasteiger partial charge in [-0.25, -0.2) is 9.69 Å². The lowest BCUT2D eigenvalue weighted by atomic mass is 10.1. The zero-order valence-corrected chi connectivity index (χ0v) is 21.4. The van der Waals surface area contributed by atoms with Gasteiger partial charge in [-0.15, -0.1) is 0 Å². The average Bonchev–Trinajstić information content (AvgIpc) is 2.87. The molecule has 1 saturated heterocycles. The zero-order valence-electron chi connectivity index (χ0n) is 20.6. The summed E-state index contributed by atoms with van der Waals surface area (Å²) in [4.78, 5) is 51.7. The zero-order chi connectivity index (χ0) is 27.2. The Morgan fingerprint density at radius 3 is 2.50 bits per heavy atom. The lowest BCUT2D eigenvalue weighted by Gasteiger charge is -2.26. The second-order valence-electron chi connectivity index (χ2n) is 8.27. The van der Waals surface area contributed by atoms with Gasteiger partial charge in [-0.3, -0.25) is 19.7 Å². The van der Waals surface area contributed by atoms with E-state index in [0.717, 1.165) is 10.5 Å². The van der Waals surface area contributed by atoms with Crippen molar-refractivity contribution in [2.24, 2.45) is 0 Å². The van der Waals surface area contributed by atoms with Crippen LogP contribution in [0.5, 0.6) is 11.5 Å². The summed E-state index contributed by atoms with van der Waals surface area (Å²) in [5.41, 5.74) is 1.84. The maximum atomic E-state index is 13.3. The Balaban J connectivity index is 1.56. The van der Waals surface area contributed by atoms with Crippen LogP contribution < -0.4 is 25.0 Å². The van der Waals surface area contributed by atoms with Crippen molar-refractivity contribution in [3.63, 3.8) is 0 Å². The Morgan fingerprint density at radius 1 is 1.03 bits per heavy atom. The maximum Gasteiger partial charge on any atom is 0.335 e. The molecule has 3 aromatic carbocycles. The number of carbonyl (C=O) groups excluding carboxylic acids is 4. The van der Waals surface area contributed by atoms with E-state index >= 15 is 0 Å². The van der Waals surface area contributed by atoms with E-state index < -0.39 is 23.8 Å². The van der Waals surface area contributed by atoms with Crippen molar-refractivity contribution < 1.29 is 28.7 Å². The molecule has 0 aromatic heterocycles. The molecule has 0 radical (unpaired) electrons. The van der Waals surface area contributed by atoms with Crippen LogP contribution in [0, 0.1) is 6.92 Å². The van der Waals surface area contributed by atoms with Gasteiger partial charge in [-0.1, -0.05) is 23.7 Å². The van der Waals surface area contributed by atoms with Gasteiger partial charge in [0, 0.05) is 16.3 Å². The maximum absolute atomic E-state index is 13.3. The van der Waals surface area contributed by atoms with E-state index in [-0.39, 0.29) is 29.2 Å². The molecule has 3 aromatic rings. The molecule has 0 spiro atoms. The lowest BCUT2D eigenvalue weighted by Crippen LogP contribution is -2.54. The van der Waals surface area contributed by atoms with E-state index in [0.29, 0.717) is 23.1 Å². The fourth-order valence-electron chi connectivity index (χ4n) is 3.73. The summed E-state index contributed by atoms with van der Waals surface area (Å²) in [5.74, 6) is -1.31. The number of carbonyl (C=O) groups is 4. The molecule has 0 bridgehead atoms. The average molecular weight is 534 g/mol. The van der Waals surface area contributed by atoms with Crippen LogP contribution in [0.4, 0.5) is 16.2 Å². The van der Waals surface area contributed by atoms with Crippen LogP contribution in [0.1, 0.15) is 18.1 Å². The van der Waals surface area contributed by atoms with Crippen molar-refractivity contribution >= 4 is 52.8 Å². The molecule has 0 saturated carbocycles. The molecule has 1 aliphatic rings. The number of hydrogen-bond acceptors (Lipinski definition) is 6. The fraction of sp³-hybridized carbons (Fsp3) is 0.143. The van der Waals surface area contributed by atoms with E-state index in [4.69, 9.17) is 21.1 Å². The minimum absolute atomic E-state index is 0.214. The molecular weight excluding hydrogens is 510 g/mol. The van der Waals surface area contributed by atoms with Crippen molar-refractivity contribution in [1.82, 2.24) is 5.32 Å². The molecule has 194 valence electrons. The van der Waals surface area contributed by atoms with Crippen LogP contribution in [0.15, 0.2) is 72.3 Å². The second-order valence-corrected chi connectivity index (χ2v) is 8.71. The summed E-state index contributed by atoms with van der Waals surface area (Å²) < 4.78 is 11.1. The predicted molar refractivity (Wildman–Crippen MR) is 143 cm³/mol. The molecule has 1 fully saturated rings. The number of imide groups is 2. The van der Waals surface area contributed by atoms with Crippen LogP contribution in [-0.2, 0) is 14.4 Å². The van der Waals surface area contributed by atoms with Gasteiger partial charge in [-0.05, 0) is 80.1 Å². The SMILES string of the molecule is CCOc1ccc(N2C(=O)NC(=O)/C(=C\c3cc(Cl)ccc3OCC(=O)Nc3cccc(C)c3)C2=O)cc1. The van der Waals surface area contributed by atoms with Gasteiger partial charge in [0.25, 0.3) is 17.7 Å². The van der Waals surface area contributed by atoms with E-state index in [1.54, 1.807) is 24.3 Å². The topological polar surface area (TPSA) is 114 Å². The van der Waals surface area contributed by atoms with Crippen LogP contribution in [-0.4, -0.2) is 37.0 Å². The first-order valence-corrected chi connectivity index (χ1v) is 12.1. The number of barbiturate groups is 1. The number of rotatable bonds is 8. The molecule has 2 N–H and O–H groups in total. The Hall–Kier alpha value is -4.63. The number of benzene rings is 3. The Bertz CT molecular complexity index is 1430. The summed E-state index contributed by atoms with van der Waals surface area (Å²) in [6, 6.07) is 17.3. The van der Waals surface area contributed by atoms with E-state index in [2.05, 4.69) is 10.6 Å². The van der Waals surface area contributed by atoms with Crippen molar-refractivity contribution in [2.75, 3.05) is 23.4 Å². The monoisotopic (exact) mass is 533 g/mol. The number of nitrogens with zero attached hydrogens (tertiary/aromatic N) is 1. The Morgan fingerprint density at radius 2 is 1.79 bits per heavy atom. The fourth-order valence-corrected chi connectivity index (χ4v) is 3.91. The molecule has 4 rings (SSSR count). The molecular formula is C28H24ClN3O6. The van der Waals surface area contributed by atoms with Crippen LogP contribution in [0.3, 0.4) is 0 Å². The van der Waals surface area contributed by atoms with Crippen molar-refractivity contribution in [3.8, 4) is 11.5 Å². The van der Waals surface area contributed by atoms with Crippen LogP contribution in [0.25, 0.3) is 6.08 Å². The summed E-state index contributed by atoms with van der Waals surface area (Å²) in [6.45, 7) is 3.87. The molecule has 0 aliphatic carbocycles. The highest BCUT2D eigenvalue weighted by molar-refractivity contribution is 6.39.